The lowest BCUT2D eigenvalue weighted by Gasteiger charge is -2.23. The molecule has 0 spiro atoms. The van der Waals surface area contributed by atoms with Gasteiger partial charge in [-0.15, -0.1) is 0 Å². The summed E-state index contributed by atoms with van der Waals surface area (Å²) in [6.07, 6.45) is 12.0. The third-order valence-corrected chi connectivity index (χ3v) is 6.30. The summed E-state index contributed by atoms with van der Waals surface area (Å²) in [4.78, 5) is 0. The number of hydrogen-bond donors (Lipinski definition) is 1. The van der Waals surface area contributed by atoms with E-state index >= 15 is 0 Å². The Hall–Kier alpha value is -0.130. The van der Waals surface area contributed by atoms with Crippen LogP contribution in [0.15, 0.2) is 0 Å². The fourth-order valence-electron chi connectivity index (χ4n) is 3.51. The summed E-state index contributed by atoms with van der Waals surface area (Å²) < 4.78 is 29.2. The Morgan fingerprint density at radius 1 is 1.05 bits per heavy atom. The van der Waals surface area contributed by atoms with Gasteiger partial charge in [0.2, 0.25) is 0 Å². The van der Waals surface area contributed by atoms with E-state index in [1.807, 2.05) is 0 Å². The highest BCUT2D eigenvalue weighted by molar-refractivity contribution is 7.91. The van der Waals surface area contributed by atoms with Gasteiger partial charge in [-0.25, -0.2) is 8.42 Å². The predicted molar refractivity (Wildman–Crippen MR) is 81.7 cm³/mol. The number of rotatable bonds is 7. The van der Waals surface area contributed by atoms with E-state index in [2.05, 4.69) is 5.32 Å². The molecule has 0 bridgehead atoms. The molecule has 2 rings (SSSR count). The standard InChI is InChI=1S/C15H29NO3S/c1-20(17,18)15-10-5-9-14(15)16-11-6-12-19-13-7-3-2-4-8-13/h13-16H,2-12H2,1H3. The molecule has 0 heterocycles. The Balaban J connectivity index is 1.58. The van der Waals surface area contributed by atoms with Crippen LogP contribution in [0.1, 0.15) is 57.8 Å². The third-order valence-electron chi connectivity index (χ3n) is 4.64. The highest BCUT2D eigenvalue weighted by atomic mass is 32.2. The van der Waals surface area contributed by atoms with E-state index < -0.39 is 9.84 Å². The minimum Gasteiger partial charge on any atom is -0.378 e. The molecule has 2 saturated carbocycles. The first-order chi connectivity index (χ1) is 9.57. The SMILES string of the molecule is CS(=O)(=O)C1CCCC1NCCCOC1CCCCC1. The van der Waals surface area contributed by atoms with E-state index in [1.54, 1.807) is 0 Å². The molecular weight excluding hydrogens is 274 g/mol. The lowest BCUT2D eigenvalue weighted by atomic mass is 9.98. The van der Waals surface area contributed by atoms with Crippen molar-refractivity contribution < 1.29 is 13.2 Å². The molecule has 5 heteroatoms. The molecule has 0 aromatic carbocycles. The van der Waals surface area contributed by atoms with E-state index in [-0.39, 0.29) is 11.3 Å². The van der Waals surface area contributed by atoms with Crippen LogP contribution in [0.3, 0.4) is 0 Å². The van der Waals surface area contributed by atoms with Gasteiger partial charge < -0.3 is 10.1 Å². The number of hydrogen-bond acceptors (Lipinski definition) is 4. The molecule has 0 radical (unpaired) electrons. The molecule has 1 N–H and O–H groups in total. The maximum atomic E-state index is 11.7. The highest BCUT2D eigenvalue weighted by Crippen LogP contribution is 2.25. The maximum absolute atomic E-state index is 11.7. The predicted octanol–water partition coefficient (Wildman–Crippen LogP) is 2.28. The zero-order chi connectivity index (χ0) is 14.4. The molecule has 0 aliphatic heterocycles. The highest BCUT2D eigenvalue weighted by Gasteiger charge is 2.34. The van der Waals surface area contributed by atoms with Gasteiger partial charge in [0.05, 0.1) is 11.4 Å². The van der Waals surface area contributed by atoms with Crippen LogP contribution in [-0.4, -0.2) is 45.2 Å². The first-order valence-electron chi connectivity index (χ1n) is 8.11. The van der Waals surface area contributed by atoms with Gasteiger partial charge in [-0.05, 0) is 38.6 Å². The zero-order valence-electron chi connectivity index (χ0n) is 12.6. The van der Waals surface area contributed by atoms with Crippen LogP contribution in [0.25, 0.3) is 0 Å². The summed E-state index contributed by atoms with van der Waals surface area (Å²) in [5.74, 6) is 0. The molecule has 0 aromatic rings. The van der Waals surface area contributed by atoms with Crippen LogP contribution in [0.2, 0.25) is 0 Å². The zero-order valence-corrected chi connectivity index (χ0v) is 13.5. The molecule has 2 aliphatic carbocycles. The second-order valence-corrected chi connectivity index (χ2v) is 8.61. The van der Waals surface area contributed by atoms with Crippen LogP contribution in [0.5, 0.6) is 0 Å². The van der Waals surface area contributed by atoms with Crippen molar-refractivity contribution in [1.29, 1.82) is 0 Å². The fraction of sp³-hybridized carbons (Fsp3) is 1.00. The van der Waals surface area contributed by atoms with E-state index in [0.717, 1.165) is 38.8 Å². The summed E-state index contributed by atoms with van der Waals surface area (Å²) in [5.41, 5.74) is 0. The van der Waals surface area contributed by atoms with Crippen molar-refractivity contribution in [3.05, 3.63) is 0 Å². The smallest absolute Gasteiger partial charge is 0.151 e. The van der Waals surface area contributed by atoms with Gasteiger partial charge in [0, 0.05) is 18.9 Å². The molecule has 0 amide bonds. The van der Waals surface area contributed by atoms with Crippen molar-refractivity contribution in [1.82, 2.24) is 5.32 Å². The lowest BCUT2D eigenvalue weighted by Crippen LogP contribution is -2.40. The van der Waals surface area contributed by atoms with Crippen LogP contribution in [-0.2, 0) is 14.6 Å². The number of ether oxygens (including phenoxy) is 1. The van der Waals surface area contributed by atoms with Crippen LogP contribution in [0, 0.1) is 0 Å². The monoisotopic (exact) mass is 303 g/mol. The van der Waals surface area contributed by atoms with Crippen molar-refractivity contribution in [2.24, 2.45) is 0 Å². The molecule has 2 fully saturated rings. The number of sulfone groups is 1. The summed E-state index contributed by atoms with van der Waals surface area (Å²) in [6, 6.07) is 0.152. The first kappa shape index (κ1) is 16.2. The Morgan fingerprint density at radius 3 is 2.50 bits per heavy atom. The largest absolute Gasteiger partial charge is 0.378 e. The van der Waals surface area contributed by atoms with Crippen molar-refractivity contribution in [2.75, 3.05) is 19.4 Å². The lowest BCUT2D eigenvalue weighted by molar-refractivity contribution is 0.0271. The van der Waals surface area contributed by atoms with Crippen LogP contribution < -0.4 is 5.32 Å². The Morgan fingerprint density at radius 2 is 1.80 bits per heavy atom. The second-order valence-electron chi connectivity index (χ2n) is 6.34. The Kier molecular flexibility index (Phi) is 6.30. The van der Waals surface area contributed by atoms with Crippen molar-refractivity contribution >= 4 is 9.84 Å². The number of nitrogens with one attached hydrogen (secondary N) is 1. The van der Waals surface area contributed by atoms with Gasteiger partial charge >= 0.3 is 0 Å². The summed E-state index contributed by atoms with van der Waals surface area (Å²) in [7, 11) is -2.91. The van der Waals surface area contributed by atoms with Gasteiger partial charge in [0.15, 0.2) is 9.84 Å². The molecular formula is C15H29NO3S. The Labute approximate surface area is 123 Å². The first-order valence-corrected chi connectivity index (χ1v) is 10.1. The second kappa shape index (κ2) is 7.76. The fourth-order valence-corrected chi connectivity index (χ4v) is 4.94. The minimum atomic E-state index is -2.91. The van der Waals surface area contributed by atoms with E-state index in [0.29, 0.717) is 6.10 Å². The average molecular weight is 303 g/mol. The summed E-state index contributed by atoms with van der Waals surface area (Å²) in [5, 5.41) is 3.24. The molecule has 2 aliphatic rings. The van der Waals surface area contributed by atoms with Gasteiger partial charge in [0.25, 0.3) is 0 Å². The minimum absolute atomic E-state index is 0.152. The molecule has 0 saturated heterocycles. The van der Waals surface area contributed by atoms with E-state index in [1.165, 1.54) is 38.4 Å². The average Bonchev–Trinajstić information content (AvgIpc) is 2.88. The van der Waals surface area contributed by atoms with Crippen LogP contribution >= 0.6 is 0 Å². The third kappa shape index (κ3) is 5.01. The van der Waals surface area contributed by atoms with Gasteiger partial charge in [-0.1, -0.05) is 25.7 Å². The van der Waals surface area contributed by atoms with Crippen molar-refractivity contribution in [3.8, 4) is 0 Å². The molecule has 2 unspecified atom stereocenters. The molecule has 0 aromatic heterocycles. The Bertz CT molecular complexity index is 377. The molecule has 2 atom stereocenters. The van der Waals surface area contributed by atoms with Gasteiger partial charge in [-0.2, -0.15) is 0 Å². The summed E-state index contributed by atoms with van der Waals surface area (Å²) in [6.45, 7) is 1.66. The maximum Gasteiger partial charge on any atom is 0.151 e. The van der Waals surface area contributed by atoms with Crippen LogP contribution in [0.4, 0.5) is 0 Å². The van der Waals surface area contributed by atoms with Gasteiger partial charge in [-0.3, -0.25) is 0 Å². The molecule has 118 valence electrons. The summed E-state index contributed by atoms with van der Waals surface area (Å²) >= 11 is 0. The molecule has 4 nitrogen and oxygen atoms in total. The van der Waals surface area contributed by atoms with Crippen molar-refractivity contribution in [3.63, 3.8) is 0 Å². The van der Waals surface area contributed by atoms with Gasteiger partial charge in [0.1, 0.15) is 0 Å². The quantitative estimate of drug-likeness (QED) is 0.733. The normalized spacial score (nSPS) is 28.9. The van der Waals surface area contributed by atoms with E-state index in [4.69, 9.17) is 4.74 Å². The van der Waals surface area contributed by atoms with E-state index in [9.17, 15) is 8.42 Å². The van der Waals surface area contributed by atoms with Crippen molar-refractivity contribution in [2.45, 2.75) is 75.2 Å². The topological polar surface area (TPSA) is 55.4 Å². The molecule has 20 heavy (non-hydrogen) atoms.